The Balaban J connectivity index is 1.26. The number of amides is 1. The van der Waals surface area contributed by atoms with E-state index in [-0.39, 0.29) is 11.7 Å². The summed E-state index contributed by atoms with van der Waals surface area (Å²) in [4.78, 5) is 30.9. The van der Waals surface area contributed by atoms with E-state index in [4.69, 9.17) is 18.9 Å². The topological polar surface area (TPSA) is 81.9 Å². The summed E-state index contributed by atoms with van der Waals surface area (Å²) in [6.45, 7) is 4.13. The lowest BCUT2D eigenvalue weighted by atomic mass is 9.97. The minimum atomic E-state index is -0.493. The Morgan fingerprint density at radius 3 is 2.65 bits per heavy atom. The number of carbonyl (C=O) groups excluding carboxylic acids is 1. The van der Waals surface area contributed by atoms with Gasteiger partial charge >= 0.3 is 5.63 Å². The predicted octanol–water partition coefficient (Wildman–Crippen LogP) is 3.86. The van der Waals surface area contributed by atoms with Crippen molar-refractivity contribution in [3.05, 3.63) is 62.5 Å². The van der Waals surface area contributed by atoms with Crippen molar-refractivity contribution in [3.8, 4) is 22.8 Å². The van der Waals surface area contributed by atoms with Gasteiger partial charge in [0.05, 0.1) is 10.7 Å². The lowest BCUT2D eigenvalue weighted by molar-refractivity contribution is 0.0675. The SMILES string of the molecule is Cc1cc(C(=O)N2CCC(c3nc(-c4ccc5c(c4)OCCO5)cs3)CC2)oc(=O)c1. The van der Waals surface area contributed by atoms with E-state index in [1.165, 1.54) is 6.07 Å². The molecule has 8 heteroatoms. The highest BCUT2D eigenvalue weighted by atomic mass is 32.1. The number of likely N-dealkylation sites (tertiary alicyclic amines) is 1. The fourth-order valence-electron chi connectivity index (χ4n) is 4.00. The number of benzene rings is 1. The monoisotopic (exact) mass is 438 g/mol. The van der Waals surface area contributed by atoms with Gasteiger partial charge < -0.3 is 18.8 Å². The second-order valence-electron chi connectivity index (χ2n) is 7.81. The Morgan fingerprint density at radius 1 is 1.10 bits per heavy atom. The van der Waals surface area contributed by atoms with Crippen LogP contribution in [-0.2, 0) is 0 Å². The van der Waals surface area contributed by atoms with E-state index < -0.39 is 5.63 Å². The number of carbonyl (C=O) groups is 1. The molecule has 7 nitrogen and oxygen atoms in total. The number of hydrogen-bond donors (Lipinski definition) is 0. The molecule has 1 saturated heterocycles. The van der Waals surface area contributed by atoms with Crippen LogP contribution < -0.4 is 15.1 Å². The van der Waals surface area contributed by atoms with Crippen LogP contribution in [-0.4, -0.2) is 42.1 Å². The predicted molar refractivity (Wildman–Crippen MR) is 116 cm³/mol. The van der Waals surface area contributed by atoms with Crippen LogP contribution in [0, 0.1) is 6.92 Å². The van der Waals surface area contributed by atoms with Crippen molar-refractivity contribution in [1.82, 2.24) is 9.88 Å². The average Bonchev–Trinajstić information content (AvgIpc) is 3.28. The van der Waals surface area contributed by atoms with Gasteiger partial charge in [-0.1, -0.05) is 0 Å². The second kappa shape index (κ2) is 8.19. The van der Waals surface area contributed by atoms with Gasteiger partial charge in [-0.2, -0.15) is 0 Å². The summed E-state index contributed by atoms with van der Waals surface area (Å²) < 4.78 is 16.4. The molecule has 0 N–H and O–H groups in total. The normalized spacial score (nSPS) is 16.4. The molecule has 0 saturated carbocycles. The first kappa shape index (κ1) is 19.8. The number of piperidine rings is 1. The molecule has 5 rings (SSSR count). The van der Waals surface area contributed by atoms with E-state index in [2.05, 4.69) is 5.38 Å². The van der Waals surface area contributed by atoms with Gasteiger partial charge in [-0.25, -0.2) is 9.78 Å². The zero-order valence-electron chi connectivity index (χ0n) is 17.1. The molecule has 0 bridgehead atoms. The van der Waals surface area contributed by atoms with Gasteiger partial charge in [0.2, 0.25) is 0 Å². The van der Waals surface area contributed by atoms with E-state index in [0.29, 0.717) is 32.2 Å². The van der Waals surface area contributed by atoms with Gasteiger partial charge in [0.15, 0.2) is 17.3 Å². The van der Waals surface area contributed by atoms with Crippen LogP contribution in [0.25, 0.3) is 11.3 Å². The quantitative estimate of drug-likeness (QED) is 0.618. The number of aryl methyl sites for hydroxylation is 1. The molecule has 2 aliphatic rings. The molecule has 1 amide bonds. The summed E-state index contributed by atoms with van der Waals surface area (Å²) >= 11 is 1.65. The van der Waals surface area contributed by atoms with Crippen molar-refractivity contribution in [2.24, 2.45) is 0 Å². The van der Waals surface area contributed by atoms with Crippen molar-refractivity contribution in [3.63, 3.8) is 0 Å². The van der Waals surface area contributed by atoms with Crippen molar-refractivity contribution in [1.29, 1.82) is 0 Å². The van der Waals surface area contributed by atoms with E-state index in [1.54, 1.807) is 29.2 Å². The summed E-state index contributed by atoms with van der Waals surface area (Å²) in [5.74, 6) is 1.72. The number of fused-ring (bicyclic) bond motifs is 1. The van der Waals surface area contributed by atoms with Crippen LogP contribution in [0.5, 0.6) is 11.5 Å². The van der Waals surface area contributed by atoms with Crippen LogP contribution in [0.2, 0.25) is 0 Å². The van der Waals surface area contributed by atoms with Gasteiger partial charge in [-0.3, -0.25) is 4.79 Å². The molecule has 4 heterocycles. The van der Waals surface area contributed by atoms with Crippen molar-refractivity contribution in [2.45, 2.75) is 25.7 Å². The molecule has 3 aromatic rings. The van der Waals surface area contributed by atoms with Crippen molar-refractivity contribution < 1.29 is 18.7 Å². The zero-order chi connectivity index (χ0) is 21.4. The average molecular weight is 439 g/mol. The summed E-state index contributed by atoms with van der Waals surface area (Å²) in [5, 5.41) is 3.15. The third-order valence-corrected chi connectivity index (χ3v) is 6.62. The molecule has 0 radical (unpaired) electrons. The maximum Gasteiger partial charge on any atom is 0.336 e. The van der Waals surface area contributed by atoms with E-state index >= 15 is 0 Å². The lowest BCUT2D eigenvalue weighted by Gasteiger charge is -2.30. The first-order chi connectivity index (χ1) is 15.1. The minimum absolute atomic E-state index is 0.110. The molecular weight excluding hydrogens is 416 g/mol. The Labute approximate surface area is 183 Å². The first-order valence-electron chi connectivity index (χ1n) is 10.3. The molecule has 0 unspecified atom stereocenters. The molecule has 160 valence electrons. The maximum absolute atomic E-state index is 12.7. The van der Waals surface area contributed by atoms with Crippen LogP contribution in [0.3, 0.4) is 0 Å². The molecule has 31 heavy (non-hydrogen) atoms. The van der Waals surface area contributed by atoms with Gasteiger partial charge in [-0.15, -0.1) is 11.3 Å². The summed E-state index contributed by atoms with van der Waals surface area (Å²) in [5.41, 5.74) is 2.17. The smallest absolute Gasteiger partial charge is 0.336 e. The third-order valence-electron chi connectivity index (χ3n) is 5.62. The highest BCUT2D eigenvalue weighted by molar-refractivity contribution is 7.10. The van der Waals surface area contributed by atoms with Crippen LogP contribution in [0.15, 0.2) is 44.9 Å². The number of ether oxygens (including phenoxy) is 2. The number of nitrogens with zero attached hydrogens (tertiary/aromatic N) is 2. The number of hydrogen-bond acceptors (Lipinski definition) is 7. The fourth-order valence-corrected chi connectivity index (χ4v) is 5.00. The number of thiazole rings is 1. The Bertz CT molecular complexity index is 1180. The maximum atomic E-state index is 12.7. The van der Waals surface area contributed by atoms with Gasteiger partial charge in [-0.05, 0) is 49.6 Å². The minimum Gasteiger partial charge on any atom is -0.486 e. The second-order valence-corrected chi connectivity index (χ2v) is 8.70. The Kier molecular flexibility index (Phi) is 5.23. The van der Waals surface area contributed by atoms with Crippen LogP contribution in [0.4, 0.5) is 0 Å². The fraction of sp³-hybridized carbons (Fsp3) is 0.348. The zero-order valence-corrected chi connectivity index (χ0v) is 17.9. The largest absolute Gasteiger partial charge is 0.486 e. The molecule has 0 aliphatic carbocycles. The number of aromatic nitrogens is 1. The van der Waals surface area contributed by atoms with Crippen LogP contribution >= 0.6 is 11.3 Å². The van der Waals surface area contributed by atoms with E-state index in [1.807, 2.05) is 18.2 Å². The van der Waals surface area contributed by atoms with Crippen molar-refractivity contribution in [2.75, 3.05) is 26.3 Å². The van der Waals surface area contributed by atoms with Crippen LogP contribution in [0.1, 0.15) is 39.9 Å². The van der Waals surface area contributed by atoms with Gasteiger partial charge in [0.25, 0.3) is 5.91 Å². The lowest BCUT2D eigenvalue weighted by Crippen LogP contribution is -2.38. The standard InChI is InChI=1S/C23H22N2O5S/c1-14-10-20(30-21(26)11-14)23(27)25-6-4-15(5-7-25)22-24-17(13-31-22)16-2-3-18-19(12-16)29-9-8-28-18/h2-3,10-13,15H,4-9H2,1H3. The van der Waals surface area contributed by atoms with E-state index in [9.17, 15) is 9.59 Å². The molecule has 2 aromatic heterocycles. The van der Waals surface area contributed by atoms with Gasteiger partial charge in [0.1, 0.15) is 13.2 Å². The highest BCUT2D eigenvalue weighted by Crippen LogP contribution is 2.37. The van der Waals surface area contributed by atoms with Crippen molar-refractivity contribution >= 4 is 17.2 Å². The summed E-state index contributed by atoms with van der Waals surface area (Å²) in [7, 11) is 0. The van der Waals surface area contributed by atoms with Gasteiger partial charge in [0, 0.05) is 36.0 Å². The number of rotatable bonds is 3. The molecule has 2 aliphatic heterocycles. The summed E-state index contributed by atoms with van der Waals surface area (Å²) in [6, 6.07) is 8.91. The Hall–Kier alpha value is -3.13. The molecule has 0 spiro atoms. The summed E-state index contributed by atoms with van der Waals surface area (Å²) in [6.07, 6.45) is 1.66. The molecule has 1 fully saturated rings. The Morgan fingerprint density at radius 2 is 1.87 bits per heavy atom. The van der Waals surface area contributed by atoms with E-state index in [0.717, 1.165) is 46.2 Å². The molecular formula is C23H22N2O5S. The molecule has 0 atom stereocenters. The highest BCUT2D eigenvalue weighted by Gasteiger charge is 2.28. The third kappa shape index (κ3) is 4.07. The first-order valence-corrected chi connectivity index (χ1v) is 11.2. The molecule has 1 aromatic carbocycles.